The second-order valence-corrected chi connectivity index (χ2v) is 16.3. The number of nitrogens with zero attached hydrogens (tertiary/aromatic N) is 3. The number of hydrogen-bond acceptors (Lipinski definition) is 5. The molecule has 0 radical (unpaired) electrons. The Labute approximate surface area is 357 Å². The molecule has 0 bridgehead atoms. The second-order valence-electron chi connectivity index (χ2n) is 15.2. The fourth-order valence-electron chi connectivity index (χ4n) is 8.36. The minimum atomic E-state index is 0.678. The highest BCUT2D eigenvalue weighted by Crippen LogP contribution is 2.42. The Hall–Kier alpha value is -7.73. The topological polar surface area (TPSA) is 51.8 Å². The van der Waals surface area contributed by atoms with Gasteiger partial charge in [-0.1, -0.05) is 176 Å². The molecule has 7 aromatic carbocycles. The number of fused-ring (bicyclic) bond motifs is 8. The standard InChI is InChI=1S/C56H37N3OS/c1-3-4-6-14-35(2)56-58-47(34-48(59-56)39-29-25-37(26-30-39)42-19-13-20-44-43-17-10-12-22-51(43)61-55(42)44)38-27-23-36(24-28-38)41-31-32-45-49(33-41)57-53(40-15-7-5-8-16-40)54-52(45)46-18-9-11-21-50(46)60-54/h3-34H,1H2,2H3/b6-4-,35-14+. The number of rotatable bonds is 8. The van der Waals surface area contributed by atoms with E-state index in [1.54, 1.807) is 6.08 Å². The number of benzene rings is 7. The summed E-state index contributed by atoms with van der Waals surface area (Å²) >= 11 is 1.85. The van der Waals surface area contributed by atoms with E-state index < -0.39 is 0 Å². The number of para-hydroxylation sites is 1. The molecule has 11 aromatic rings. The molecular formula is C56H37N3OS. The molecule has 0 N–H and O–H groups in total. The van der Waals surface area contributed by atoms with Crippen molar-refractivity contribution in [1.82, 2.24) is 15.0 Å². The van der Waals surface area contributed by atoms with Gasteiger partial charge in [-0.05, 0) is 59.0 Å². The number of aromatic nitrogens is 3. The third-order valence-corrected chi connectivity index (χ3v) is 12.7. The van der Waals surface area contributed by atoms with E-state index >= 15 is 0 Å². The van der Waals surface area contributed by atoms with Crippen LogP contribution in [0.3, 0.4) is 0 Å². The Balaban J connectivity index is 0.968. The first-order valence-corrected chi connectivity index (χ1v) is 21.2. The SMILES string of the molecule is C=C/C=C\C=C(/C)c1nc(-c2ccc(-c3ccc4c(c3)nc(-c3ccccc3)c3oc5ccccc5c34)cc2)cc(-c2ccc(-c3cccc4c3sc3ccccc34)cc2)n1. The number of allylic oxidation sites excluding steroid dienone is 5. The predicted octanol–water partition coefficient (Wildman–Crippen LogP) is 15.8. The maximum absolute atomic E-state index is 6.46. The molecular weight excluding hydrogens is 763 g/mol. The minimum Gasteiger partial charge on any atom is -0.454 e. The van der Waals surface area contributed by atoms with Crippen LogP contribution in [0.1, 0.15) is 12.7 Å². The highest BCUT2D eigenvalue weighted by Gasteiger charge is 2.19. The lowest BCUT2D eigenvalue weighted by Crippen LogP contribution is -1.98. The van der Waals surface area contributed by atoms with Crippen LogP contribution < -0.4 is 0 Å². The molecule has 0 unspecified atom stereocenters. The Morgan fingerprint density at radius 3 is 1.97 bits per heavy atom. The molecule has 288 valence electrons. The lowest BCUT2D eigenvalue weighted by Gasteiger charge is -2.11. The zero-order valence-corrected chi connectivity index (χ0v) is 34.2. The fourth-order valence-corrected chi connectivity index (χ4v) is 9.60. The molecule has 0 saturated carbocycles. The summed E-state index contributed by atoms with van der Waals surface area (Å²) in [6, 6.07) is 59.8. The molecule has 0 spiro atoms. The summed E-state index contributed by atoms with van der Waals surface area (Å²) in [5.41, 5.74) is 13.8. The Morgan fingerprint density at radius 2 is 1.20 bits per heavy atom. The van der Waals surface area contributed by atoms with Crippen LogP contribution in [0.4, 0.5) is 0 Å². The summed E-state index contributed by atoms with van der Waals surface area (Å²) in [5.74, 6) is 0.678. The van der Waals surface area contributed by atoms with Crippen molar-refractivity contribution in [2.75, 3.05) is 0 Å². The molecule has 4 aromatic heterocycles. The van der Waals surface area contributed by atoms with Crippen LogP contribution in [0.15, 0.2) is 205 Å². The van der Waals surface area contributed by atoms with Crippen molar-refractivity contribution in [3.05, 3.63) is 207 Å². The molecule has 4 heterocycles. The molecule has 0 amide bonds. The second kappa shape index (κ2) is 15.1. The van der Waals surface area contributed by atoms with E-state index in [-0.39, 0.29) is 0 Å². The van der Waals surface area contributed by atoms with Crippen LogP contribution in [0.25, 0.3) is 115 Å². The van der Waals surface area contributed by atoms with E-state index in [0.29, 0.717) is 5.82 Å². The first-order chi connectivity index (χ1) is 30.1. The largest absolute Gasteiger partial charge is 0.454 e. The zero-order chi connectivity index (χ0) is 40.9. The summed E-state index contributed by atoms with van der Waals surface area (Å²) in [5, 5.41) is 5.84. The van der Waals surface area contributed by atoms with Gasteiger partial charge in [0, 0.05) is 53.0 Å². The minimum absolute atomic E-state index is 0.678. The average Bonchev–Trinajstić information content (AvgIpc) is 3.91. The van der Waals surface area contributed by atoms with Crippen molar-refractivity contribution in [2.24, 2.45) is 0 Å². The Bertz CT molecular complexity index is 3540. The molecule has 11 rings (SSSR count). The van der Waals surface area contributed by atoms with E-state index in [4.69, 9.17) is 19.4 Å². The molecule has 61 heavy (non-hydrogen) atoms. The summed E-state index contributed by atoms with van der Waals surface area (Å²) in [6.45, 7) is 5.87. The van der Waals surface area contributed by atoms with E-state index in [0.717, 1.165) is 83.3 Å². The van der Waals surface area contributed by atoms with Gasteiger partial charge in [-0.25, -0.2) is 15.0 Å². The number of hydrogen-bond donors (Lipinski definition) is 0. The Morgan fingerprint density at radius 1 is 0.541 bits per heavy atom. The molecule has 0 saturated heterocycles. The van der Waals surface area contributed by atoms with E-state index in [1.165, 1.54) is 31.3 Å². The Kier molecular flexibility index (Phi) is 9.02. The van der Waals surface area contributed by atoms with Crippen LogP contribution in [0, 0.1) is 0 Å². The summed E-state index contributed by atoms with van der Waals surface area (Å²) in [7, 11) is 0. The number of pyridine rings is 1. The monoisotopic (exact) mass is 799 g/mol. The van der Waals surface area contributed by atoms with Gasteiger partial charge in [0.25, 0.3) is 0 Å². The molecule has 0 aliphatic carbocycles. The molecule has 4 nitrogen and oxygen atoms in total. The van der Waals surface area contributed by atoms with Crippen LogP contribution in [-0.4, -0.2) is 15.0 Å². The van der Waals surface area contributed by atoms with Crippen molar-refractivity contribution < 1.29 is 4.42 Å². The highest BCUT2D eigenvalue weighted by atomic mass is 32.1. The first-order valence-electron chi connectivity index (χ1n) is 20.4. The molecule has 5 heteroatoms. The van der Waals surface area contributed by atoms with Crippen LogP contribution in [0.2, 0.25) is 0 Å². The van der Waals surface area contributed by atoms with Gasteiger partial charge >= 0.3 is 0 Å². The maximum atomic E-state index is 6.46. The van der Waals surface area contributed by atoms with Crippen molar-refractivity contribution in [3.8, 4) is 56.0 Å². The van der Waals surface area contributed by atoms with E-state index in [9.17, 15) is 0 Å². The number of thiophene rings is 1. The fraction of sp³-hybridized carbons (Fsp3) is 0.0179. The molecule has 0 fully saturated rings. The van der Waals surface area contributed by atoms with Crippen molar-refractivity contribution in [1.29, 1.82) is 0 Å². The van der Waals surface area contributed by atoms with Gasteiger partial charge in [0.15, 0.2) is 11.4 Å². The van der Waals surface area contributed by atoms with Crippen molar-refractivity contribution in [2.45, 2.75) is 6.92 Å². The summed E-state index contributed by atoms with van der Waals surface area (Å²) < 4.78 is 9.07. The molecule has 0 atom stereocenters. The zero-order valence-electron chi connectivity index (χ0n) is 33.3. The van der Waals surface area contributed by atoms with Crippen LogP contribution >= 0.6 is 11.3 Å². The van der Waals surface area contributed by atoms with Gasteiger partial charge in [0.1, 0.15) is 11.3 Å². The van der Waals surface area contributed by atoms with Gasteiger partial charge in [-0.2, -0.15) is 0 Å². The van der Waals surface area contributed by atoms with Crippen LogP contribution in [0.5, 0.6) is 0 Å². The lowest BCUT2D eigenvalue weighted by atomic mass is 9.98. The van der Waals surface area contributed by atoms with Crippen LogP contribution in [-0.2, 0) is 0 Å². The molecule has 0 aliphatic rings. The summed E-state index contributed by atoms with van der Waals surface area (Å²) in [4.78, 5) is 15.4. The van der Waals surface area contributed by atoms with E-state index in [1.807, 2.05) is 66.8 Å². The summed E-state index contributed by atoms with van der Waals surface area (Å²) in [6.07, 6.45) is 7.67. The molecule has 0 aliphatic heterocycles. The quantitative estimate of drug-likeness (QED) is 0.144. The predicted molar refractivity (Wildman–Crippen MR) is 258 cm³/mol. The lowest BCUT2D eigenvalue weighted by molar-refractivity contribution is 0.669. The van der Waals surface area contributed by atoms with Gasteiger partial charge in [0.2, 0.25) is 0 Å². The average molecular weight is 800 g/mol. The smallest absolute Gasteiger partial charge is 0.162 e. The van der Waals surface area contributed by atoms with Gasteiger partial charge < -0.3 is 4.42 Å². The normalized spacial score (nSPS) is 12.1. The third-order valence-electron chi connectivity index (χ3n) is 11.4. The van der Waals surface area contributed by atoms with Gasteiger partial charge in [0.05, 0.1) is 16.9 Å². The number of furan rings is 1. The van der Waals surface area contributed by atoms with Crippen molar-refractivity contribution in [3.63, 3.8) is 0 Å². The maximum Gasteiger partial charge on any atom is 0.162 e. The van der Waals surface area contributed by atoms with Gasteiger partial charge in [-0.3, -0.25) is 0 Å². The third kappa shape index (κ3) is 6.53. The van der Waals surface area contributed by atoms with Gasteiger partial charge in [-0.15, -0.1) is 11.3 Å². The highest BCUT2D eigenvalue weighted by molar-refractivity contribution is 7.26. The van der Waals surface area contributed by atoms with Crippen molar-refractivity contribution >= 4 is 69.9 Å². The van der Waals surface area contributed by atoms with E-state index in [2.05, 4.69) is 146 Å². The first kappa shape index (κ1) is 36.4.